The first kappa shape index (κ1) is 41.1. The van der Waals surface area contributed by atoms with E-state index in [0.29, 0.717) is 60.9 Å². The van der Waals surface area contributed by atoms with Crippen LogP contribution in [-0.2, 0) is 45.9 Å². The van der Waals surface area contributed by atoms with E-state index in [9.17, 15) is 29.7 Å². The van der Waals surface area contributed by atoms with Crippen molar-refractivity contribution in [2.24, 2.45) is 5.92 Å². The largest absolute Gasteiger partial charge is 0.494 e. The van der Waals surface area contributed by atoms with E-state index in [2.05, 4.69) is 5.32 Å². The van der Waals surface area contributed by atoms with Gasteiger partial charge in [0.2, 0.25) is 11.8 Å². The summed E-state index contributed by atoms with van der Waals surface area (Å²) in [4.78, 5) is 47.0. The molecule has 3 heterocycles. The van der Waals surface area contributed by atoms with Gasteiger partial charge in [-0.25, -0.2) is 0 Å². The van der Waals surface area contributed by atoms with Crippen LogP contribution in [-0.4, -0.2) is 76.4 Å². The minimum atomic E-state index is -1.97. The van der Waals surface area contributed by atoms with Gasteiger partial charge >= 0.3 is 0 Å². The first-order valence-corrected chi connectivity index (χ1v) is 20.5. The number of unbranched alkanes of at least 4 members (excludes halogenated alkanes) is 1. The molecule has 11 nitrogen and oxygen atoms in total. The molecule has 0 saturated carbocycles. The van der Waals surface area contributed by atoms with E-state index in [1.54, 1.807) is 52.0 Å². The molecule has 0 aliphatic carbocycles. The molecule has 0 radical (unpaired) electrons. The van der Waals surface area contributed by atoms with Gasteiger partial charge in [-0.2, -0.15) is 0 Å². The lowest BCUT2D eigenvalue weighted by Crippen LogP contribution is -2.49. The molecule has 0 fully saturated rings. The number of anilines is 3. The van der Waals surface area contributed by atoms with Crippen LogP contribution in [0.5, 0.6) is 5.75 Å². The van der Waals surface area contributed by atoms with Crippen molar-refractivity contribution in [3.8, 4) is 5.75 Å². The van der Waals surface area contributed by atoms with E-state index in [1.165, 1.54) is 0 Å². The van der Waals surface area contributed by atoms with Crippen LogP contribution in [0.15, 0.2) is 97.1 Å². The fourth-order valence-electron chi connectivity index (χ4n) is 8.45. The highest BCUT2D eigenvalue weighted by molar-refractivity contribution is 6.31. The summed E-state index contributed by atoms with van der Waals surface area (Å²) in [5.41, 5.74) is 4.19. The lowest BCUT2D eigenvalue weighted by molar-refractivity contribution is -0.139. The molecule has 4 aromatic rings. The lowest BCUT2D eigenvalue weighted by atomic mass is 9.83. The van der Waals surface area contributed by atoms with Crippen molar-refractivity contribution >= 4 is 46.4 Å². The van der Waals surface area contributed by atoms with E-state index < -0.39 is 23.5 Å². The Hall–Kier alpha value is -5.04. The predicted octanol–water partition coefficient (Wildman–Crippen LogP) is 5.95. The fraction of sp³-hybridized carbons (Fsp3) is 0.370. The number of nitrogens with one attached hydrogen (secondary N) is 1. The number of aliphatic hydroxyl groups is 3. The molecule has 0 aromatic heterocycles. The van der Waals surface area contributed by atoms with Crippen molar-refractivity contribution in [3.63, 3.8) is 0 Å². The summed E-state index contributed by atoms with van der Waals surface area (Å²) in [6.45, 7) is 5.22. The number of fused-ring (bicyclic) bond motifs is 3. The zero-order valence-corrected chi connectivity index (χ0v) is 33.7. The summed E-state index contributed by atoms with van der Waals surface area (Å²) < 4.78 is 5.79. The van der Waals surface area contributed by atoms with Crippen LogP contribution < -0.4 is 19.9 Å². The number of hydrogen-bond acceptors (Lipinski definition) is 8. The summed E-state index contributed by atoms with van der Waals surface area (Å²) in [5.74, 6) is -0.800. The van der Waals surface area contributed by atoms with Crippen LogP contribution in [0, 0.1) is 5.92 Å². The van der Waals surface area contributed by atoms with Gasteiger partial charge in [0, 0.05) is 41.8 Å². The van der Waals surface area contributed by atoms with Crippen LogP contribution in [0.4, 0.5) is 17.1 Å². The van der Waals surface area contributed by atoms with Crippen LogP contribution in [0.3, 0.4) is 0 Å². The average Bonchev–Trinajstić information content (AvgIpc) is 3.43. The van der Waals surface area contributed by atoms with Gasteiger partial charge < -0.3 is 35.2 Å². The Morgan fingerprint density at radius 3 is 2.53 bits per heavy atom. The molecule has 304 valence electrons. The Morgan fingerprint density at radius 2 is 1.76 bits per heavy atom. The van der Waals surface area contributed by atoms with Gasteiger partial charge in [-0.05, 0) is 110 Å². The minimum Gasteiger partial charge on any atom is -0.494 e. The second-order valence-electron chi connectivity index (χ2n) is 15.3. The van der Waals surface area contributed by atoms with Gasteiger partial charge in [-0.3, -0.25) is 19.3 Å². The molecule has 12 heteroatoms. The van der Waals surface area contributed by atoms with Crippen LogP contribution >= 0.6 is 11.6 Å². The van der Waals surface area contributed by atoms with Crippen molar-refractivity contribution in [1.82, 2.24) is 10.2 Å². The minimum absolute atomic E-state index is 0.0382. The van der Waals surface area contributed by atoms with Crippen molar-refractivity contribution < 1.29 is 34.4 Å². The Morgan fingerprint density at radius 1 is 0.966 bits per heavy atom. The maximum Gasteiger partial charge on any atom is 0.264 e. The van der Waals surface area contributed by atoms with E-state index >= 15 is 0 Å². The molecule has 4 atom stereocenters. The van der Waals surface area contributed by atoms with Crippen molar-refractivity contribution in [2.75, 3.05) is 36.2 Å². The van der Waals surface area contributed by atoms with E-state index in [-0.39, 0.29) is 44.0 Å². The normalized spacial score (nSPS) is 20.6. The summed E-state index contributed by atoms with van der Waals surface area (Å²) >= 11 is 6.46. The molecule has 3 aliphatic rings. The monoisotopic (exact) mass is 806 g/mol. The number of aliphatic hydroxyl groups excluding tert-OH is 2. The number of benzene rings is 4. The molecular formula is C46H51ClN4O7. The molecule has 1 unspecified atom stereocenters. The smallest absolute Gasteiger partial charge is 0.264 e. The topological polar surface area (TPSA) is 143 Å². The number of nitrogens with zero attached hydrogens (tertiary/aromatic N) is 3. The fourth-order valence-corrected chi connectivity index (χ4v) is 8.62. The first-order chi connectivity index (χ1) is 28.1. The maximum atomic E-state index is 14.5. The van der Waals surface area contributed by atoms with Crippen LogP contribution in [0.1, 0.15) is 60.9 Å². The molecule has 7 rings (SSSR count). The molecule has 58 heavy (non-hydrogen) atoms. The molecule has 4 N–H and O–H groups in total. The van der Waals surface area contributed by atoms with Gasteiger partial charge in [-0.1, -0.05) is 67.1 Å². The maximum absolute atomic E-state index is 14.5. The second kappa shape index (κ2) is 17.8. The van der Waals surface area contributed by atoms with Crippen LogP contribution in [0.2, 0.25) is 5.02 Å². The zero-order chi connectivity index (χ0) is 41.0. The molecule has 0 spiro atoms. The van der Waals surface area contributed by atoms with Gasteiger partial charge in [0.05, 0.1) is 43.2 Å². The Bertz CT molecular complexity index is 2190. The molecule has 0 bridgehead atoms. The van der Waals surface area contributed by atoms with E-state index in [0.717, 1.165) is 40.1 Å². The van der Waals surface area contributed by atoms with E-state index in [4.69, 9.17) is 16.3 Å². The highest BCUT2D eigenvalue weighted by Crippen LogP contribution is 2.47. The Labute approximate surface area is 344 Å². The number of carbonyl (C=O) groups is 3. The van der Waals surface area contributed by atoms with Gasteiger partial charge in [0.15, 0.2) is 5.60 Å². The number of ether oxygens (including phenoxy) is 1. The summed E-state index contributed by atoms with van der Waals surface area (Å²) in [7, 11) is 0. The van der Waals surface area contributed by atoms with Crippen molar-refractivity contribution in [1.29, 1.82) is 0 Å². The highest BCUT2D eigenvalue weighted by Gasteiger charge is 2.52. The second-order valence-corrected chi connectivity index (χ2v) is 15.7. The molecular weight excluding hydrogens is 756 g/mol. The number of halogens is 1. The summed E-state index contributed by atoms with van der Waals surface area (Å²) in [6, 6.07) is 25.4. The van der Waals surface area contributed by atoms with Crippen molar-refractivity contribution in [3.05, 3.63) is 130 Å². The van der Waals surface area contributed by atoms with Crippen molar-refractivity contribution in [2.45, 2.75) is 76.7 Å². The quantitative estimate of drug-likeness (QED) is 0.0853. The van der Waals surface area contributed by atoms with E-state index in [1.807, 2.05) is 73.7 Å². The predicted molar refractivity (Wildman–Crippen MR) is 224 cm³/mol. The average molecular weight is 807 g/mol. The zero-order valence-electron chi connectivity index (χ0n) is 32.9. The molecule has 4 aromatic carbocycles. The summed E-state index contributed by atoms with van der Waals surface area (Å²) in [5, 5.41) is 35.5. The third kappa shape index (κ3) is 8.15. The first-order valence-electron chi connectivity index (χ1n) is 20.1. The van der Waals surface area contributed by atoms with Gasteiger partial charge in [-0.15, -0.1) is 0 Å². The standard InChI is InChI=1S/C46H51ClN4O7/c1-3-58-38-17-19-41-34(24-38)25-40(48-20-6-7-21-52)44(55)51(41)36-14-9-11-31(22-36)27-50-42-18-16-35(47)26-39(42)46(57,45(50)56)30(2)10-8-15-43(54)49-28-33-13-5-4-12-32(33)23-37(49)29-53/h4-5,8-14,16-19,22,24,26,30,37,40,48,52-53,57H,3,6-7,15,20-21,23,25,27-29H2,1-2H3/b10-8+/t30-,37-,40?,46+/m0/s1. The lowest BCUT2D eigenvalue weighted by Gasteiger charge is -2.36. The van der Waals surface area contributed by atoms with Gasteiger partial charge in [0.1, 0.15) is 5.75 Å². The SMILES string of the molecule is CCOc1ccc2c(c1)CC(NCCCCO)C(=O)N2c1cccc(CN2C(=O)[C@@](O)([C@@H](C)/C=C/CC(=O)N3Cc4ccccc4C[C@H]3CO)c3cc(Cl)ccc32)c1. The molecule has 3 aliphatic heterocycles. The number of carbonyl (C=O) groups excluding carboxylic acids is 3. The highest BCUT2D eigenvalue weighted by atomic mass is 35.5. The third-order valence-electron chi connectivity index (χ3n) is 11.5. The number of amides is 3. The third-order valence-corrected chi connectivity index (χ3v) is 11.8. The number of hydrogen-bond donors (Lipinski definition) is 4. The van der Waals surface area contributed by atoms with Crippen LogP contribution in [0.25, 0.3) is 0 Å². The summed E-state index contributed by atoms with van der Waals surface area (Å²) in [6.07, 6.45) is 5.85. The molecule has 0 saturated heterocycles. The Kier molecular flexibility index (Phi) is 12.7. The number of rotatable bonds is 15. The molecule has 3 amide bonds. The van der Waals surface area contributed by atoms with Gasteiger partial charge in [0.25, 0.3) is 5.91 Å². The Balaban J connectivity index is 1.12.